The van der Waals surface area contributed by atoms with E-state index in [1.54, 1.807) is 6.20 Å². The first kappa shape index (κ1) is 20.8. The molecule has 1 aliphatic heterocycles. The summed E-state index contributed by atoms with van der Waals surface area (Å²) in [6, 6.07) is 13.1. The summed E-state index contributed by atoms with van der Waals surface area (Å²) < 4.78 is 5.77. The van der Waals surface area contributed by atoms with Crippen LogP contribution in [0.3, 0.4) is 0 Å². The minimum absolute atomic E-state index is 0.285. The van der Waals surface area contributed by atoms with E-state index in [1.165, 1.54) is 11.1 Å². The van der Waals surface area contributed by atoms with Gasteiger partial charge in [-0.05, 0) is 63.8 Å². The van der Waals surface area contributed by atoms with E-state index in [1.807, 2.05) is 19.1 Å². The van der Waals surface area contributed by atoms with Crippen molar-refractivity contribution in [2.75, 3.05) is 32.8 Å². The normalized spacial score (nSPS) is 16.3. The molecule has 0 bridgehead atoms. The summed E-state index contributed by atoms with van der Waals surface area (Å²) in [6.07, 6.45) is 3.86. The van der Waals surface area contributed by atoms with Crippen LogP contribution in [0, 0.1) is 6.92 Å². The van der Waals surface area contributed by atoms with Crippen molar-refractivity contribution >= 4 is 0 Å². The average molecular weight is 382 g/mol. The van der Waals surface area contributed by atoms with E-state index in [-0.39, 0.29) is 5.54 Å². The van der Waals surface area contributed by atoms with E-state index in [9.17, 15) is 0 Å². The lowest BCUT2D eigenvalue weighted by atomic mass is 10.0. The number of aryl methyl sites for hydroxylation is 2. The number of hydrogen-bond acceptors (Lipinski definition) is 4. The van der Waals surface area contributed by atoms with Gasteiger partial charge in [-0.1, -0.05) is 24.3 Å². The maximum atomic E-state index is 5.77. The Morgan fingerprint density at radius 1 is 0.929 bits per heavy atom. The SMILES string of the molecule is Cc1ccc(OCCCc2ccc(CN3CCN(C(C)(C)C)CC3)cc2)cn1. The van der Waals surface area contributed by atoms with E-state index in [2.05, 4.69) is 59.8 Å². The maximum Gasteiger partial charge on any atom is 0.137 e. The van der Waals surface area contributed by atoms with E-state index in [0.717, 1.165) is 63.6 Å². The van der Waals surface area contributed by atoms with Crippen LogP contribution in [0.4, 0.5) is 0 Å². The predicted molar refractivity (Wildman–Crippen MR) is 116 cm³/mol. The lowest BCUT2D eigenvalue weighted by molar-refractivity contribution is 0.0591. The molecule has 1 aromatic heterocycles. The highest BCUT2D eigenvalue weighted by molar-refractivity contribution is 5.23. The van der Waals surface area contributed by atoms with Gasteiger partial charge in [0.2, 0.25) is 0 Å². The topological polar surface area (TPSA) is 28.6 Å². The third kappa shape index (κ3) is 6.32. The molecule has 0 amide bonds. The van der Waals surface area contributed by atoms with Crippen molar-refractivity contribution in [3.8, 4) is 5.75 Å². The van der Waals surface area contributed by atoms with Gasteiger partial charge in [-0.15, -0.1) is 0 Å². The van der Waals surface area contributed by atoms with Gasteiger partial charge in [-0.3, -0.25) is 14.8 Å². The van der Waals surface area contributed by atoms with Crippen LogP contribution in [0.25, 0.3) is 0 Å². The first-order valence-electron chi connectivity index (χ1n) is 10.5. The summed E-state index contributed by atoms with van der Waals surface area (Å²) in [4.78, 5) is 9.41. The van der Waals surface area contributed by atoms with Gasteiger partial charge >= 0.3 is 0 Å². The first-order valence-corrected chi connectivity index (χ1v) is 10.5. The predicted octanol–water partition coefficient (Wildman–Crippen LogP) is 4.32. The Labute approximate surface area is 170 Å². The molecule has 1 saturated heterocycles. The first-order chi connectivity index (χ1) is 13.4. The molecule has 0 saturated carbocycles. The lowest BCUT2D eigenvalue weighted by Crippen LogP contribution is -2.53. The molecule has 1 aromatic carbocycles. The molecule has 1 fully saturated rings. The van der Waals surface area contributed by atoms with Gasteiger partial charge in [0, 0.05) is 44.0 Å². The molecule has 2 aromatic rings. The fourth-order valence-electron chi connectivity index (χ4n) is 3.65. The van der Waals surface area contributed by atoms with E-state index in [0.29, 0.717) is 0 Å². The molecule has 4 heteroatoms. The number of benzene rings is 1. The largest absolute Gasteiger partial charge is 0.492 e. The Bertz CT molecular complexity index is 711. The smallest absolute Gasteiger partial charge is 0.137 e. The summed E-state index contributed by atoms with van der Waals surface area (Å²) in [5.74, 6) is 0.854. The van der Waals surface area contributed by atoms with Crippen LogP contribution in [0.1, 0.15) is 44.0 Å². The van der Waals surface area contributed by atoms with Crippen LogP contribution in [-0.4, -0.2) is 53.1 Å². The molecule has 3 rings (SSSR count). The lowest BCUT2D eigenvalue weighted by Gasteiger charge is -2.42. The van der Waals surface area contributed by atoms with Crippen molar-refractivity contribution in [3.05, 3.63) is 59.4 Å². The fourth-order valence-corrected chi connectivity index (χ4v) is 3.65. The standard InChI is InChI=1S/C24H35N3O/c1-20-7-12-23(18-25-20)28-17-5-6-21-8-10-22(11-9-21)19-26-13-15-27(16-14-26)24(2,3)4/h7-12,18H,5-6,13-17,19H2,1-4H3. The second-order valence-electron chi connectivity index (χ2n) is 8.84. The van der Waals surface area contributed by atoms with Crippen LogP contribution in [0.2, 0.25) is 0 Å². The molecular formula is C24H35N3O. The monoisotopic (exact) mass is 381 g/mol. The minimum atomic E-state index is 0.285. The van der Waals surface area contributed by atoms with Crippen LogP contribution < -0.4 is 4.74 Å². The van der Waals surface area contributed by atoms with Gasteiger partial charge in [-0.25, -0.2) is 0 Å². The number of aromatic nitrogens is 1. The molecule has 0 aliphatic carbocycles. The average Bonchev–Trinajstić information content (AvgIpc) is 2.68. The van der Waals surface area contributed by atoms with Gasteiger partial charge in [0.15, 0.2) is 0 Å². The summed E-state index contributed by atoms with van der Waals surface area (Å²) in [7, 11) is 0. The van der Waals surface area contributed by atoms with Crippen molar-refractivity contribution < 1.29 is 4.74 Å². The van der Waals surface area contributed by atoms with Crippen molar-refractivity contribution in [1.82, 2.24) is 14.8 Å². The second-order valence-corrected chi connectivity index (χ2v) is 8.84. The zero-order valence-corrected chi connectivity index (χ0v) is 17.9. The molecule has 0 N–H and O–H groups in total. The molecular weight excluding hydrogens is 346 g/mol. The highest BCUT2D eigenvalue weighted by Crippen LogP contribution is 2.17. The molecule has 4 nitrogen and oxygen atoms in total. The van der Waals surface area contributed by atoms with Gasteiger partial charge in [0.05, 0.1) is 12.8 Å². The van der Waals surface area contributed by atoms with E-state index >= 15 is 0 Å². The molecule has 0 spiro atoms. The molecule has 0 radical (unpaired) electrons. The Morgan fingerprint density at radius 3 is 2.21 bits per heavy atom. The quantitative estimate of drug-likeness (QED) is 0.668. The van der Waals surface area contributed by atoms with Crippen LogP contribution in [0.15, 0.2) is 42.6 Å². The van der Waals surface area contributed by atoms with Gasteiger partial charge < -0.3 is 4.74 Å². The second kappa shape index (κ2) is 9.53. The molecule has 0 atom stereocenters. The third-order valence-electron chi connectivity index (χ3n) is 5.51. The maximum absolute atomic E-state index is 5.77. The molecule has 1 aliphatic rings. The summed E-state index contributed by atoms with van der Waals surface area (Å²) in [6.45, 7) is 15.3. The van der Waals surface area contributed by atoms with Crippen molar-refractivity contribution in [2.45, 2.75) is 52.6 Å². The summed E-state index contributed by atoms with van der Waals surface area (Å²) in [5.41, 5.74) is 4.10. The number of pyridine rings is 1. The van der Waals surface area contributed by atoms with Crippen molar-refractivity contribution in [1.29, 1.82) is 0 Å². The van der Waals surface area contributed by atoms with Gasteiger partial charge in [0.1, 0.15) is 5.75 Å². The van der Waals surface area contributed by atoms with Crippen molar-refractivity contribution in [2.24, 2.45) is 0 Å². The molecule has 2 heterocycles. The summed E-state index contributed by atoms with van der Waals surface area (Å²) >= 11 is 0. The number of hydrogen-bond donors (Lipinski definition) is 0. The van der Waals surface area contributed by atoms with Gasteiger partial charge in [-0.2, -0.15) is 0 Å². The molecule has 152 valence electrons. The Hall–Kier alpha value is -1.91. The minimum Gasteiger partial charge on any atom is -0.492 e. The number of nitrogens with zero attached hydrogens (tertiary/aromatic N) is 3. The Balaban J connectivity index is 1.37. The van der Waals surface area contributed by atoms with Crippen LogP contribution in [-0.2, 0) is 13.0 Å². The zero-order chi connectivity index (χ0) is 20.0. The zero-order valence-electron chi connectivity index (χ0n) is 17.9. The molecule has 0 unspecified atom stereocenters. The van der Waals surface area contributed by atoms with Gasteiger partial charge in [0.25, 0.3) is 0 Å². The van der Waals surface area contributed by atoms with Crippen LogP contribution >= 0.6 is 0 Å². The highest BCUT2D eigenvalue weighted by atomic mass is 16.5. The number of piperazine rings is 1. The fraction of sp³-hybridized carbons (Fsp3) is 0.542. The van der Waals surface area contributed by atoms with E-state index in [4.69, 9.17) is 4.74 Å². The van der Waals surface area contributed by atoms with Crippen molar-refractivity contribution in [3.63, 3.8) is 0 Å². The third-order valence-corrected chi connectivity index (χ3v) is 5.51. The van der Waals surface area contributed by atoms with E-state index < -0.39 is 0 Å². The Morgan fingerprint density at radius 2 is 1.61 bits per heavy atom. The Kier molecular flexibility index (Phi) is 7.08. The number of ether oxygens (including phenoxy) is 1. The highest BCUT2D eigenvalue weighted by Gasteiger charge is 2.25. The molecule has 28 heavy (non-hydrogen) atoms. The van der Waals surface area contributed by atoms with Crippen LogP contribution in [0.5, 0.6) is 5.75 Å². The number of rotatable bonds is 7. The summed E-state index contributed by atoms with van der Waals surface area (Å²) in [5, 5.41) is 0.